The molecule has 7 aromatic carbocycles. The summed E-state index contributed by atoms with van der Waals surface area (Å²) in [7, 11) is 0. The van der Waals surface area contributed by atoms with Crippen LogP contribution in [0.25, 0.3) is 88.2 Å². The van der Waals surface area contributed by atoms with Crippen molar-refractivity contribution in [3.63, 3.8) is 0 Å². The number of para-hydroxylation sites is 3. The maximum absolute atomic E-state index is 6.69. The number of aromatic nitrogens is 4. The predicted octanol–water partition coefficient (Wildman–Crippen LogP) is 13.2. The molecule has 0 amide bonds. The number of hydrogen-bond donors (Lipinski definition) is 0. The van der Waals surface area contributed by atoms with Gasteiger partial charge in [0.15, 0.2) is 0 Å². The summed E-state index contributed by atoms with van der Waals surface area (Å²) in [6.45, 7) is 8.84. The molecule has 0 saturated carbocycles. The summed E-state index contributed by atoms with van der Waals surface area (Å²) >= 11 is 0. The number of nitrogens with zero attached hydrogens (tertiary/aromatic N) is 4. The van der Waals surface area contributed by atoms with Gasteiger partial charge < -0.3 is 13.7 Å². The normalized spacial score (nSPS) is 11.7. The number of benzene rings is 7. The average Bonchev–Trinajstić information content (AvgIpc) is 3.78. The molecule has 0 saturated heterocycles. The van der Waals surface area contributed by atoms with E-state index in [0.717, 1.165) is 66.0 Å². The van der Waals surface area contributed by atoms with Crippen LogP contribution in [0.15, 0.2) is 146 Å². The molecule has 0 fully saturated rings. The minimum absolute atomic E-state index is 0. The van der Waals surface area contributed by atoms with Gasteiger partial charge in [0.25, 0.3) is 0 Å². The SMILES string of the molecule is Cc1cccc(C)c1-c1cc(-c2c(C)cccc2C)c2c3ccc(Oc4[c-]c5c(cc4)c4ccccc4n5-c4ccccn4)[c-]c3c3nc4ccccc4n3c2c1.[Pd+2]. The van der Waals surface area contributed by atoms with Crippen molar-refractivity contribution in [3.05, 3.63) is 180 Å². The molecule has 0 aliphatic carbocycles. The van der Waals surface area contributed by atoms with Crippen molar-refractivity contribution in [1.29, 1.82) is 0 Å². The fraction of sp³-hybridized carbons (Fsp3) is 0.0769. The minimum Gasteiger partial charge on any atom is -0.503 e. The number of ether oxygens (including phenoxy) is 1. The van der Waals surface area contributed by atoms with Crippen LogP contribution in [0.3, 0.4) is 0 Å². The fourth-order valence-electron chi connectivity index (χ4n) is 9.07. The summed E-state index contributed by atoms with van der Waals surface area (Å²) in [6, 6.07) is 56.3. The van der Waals surface area contributed by atoms with Crippen molar-refractivity contribution in [2.45, 2.75) is 27.7 Å². The third kappa shape index (κ3) is 5.48. The van der Waals surface area contributed by atoms with Gasteiger partial charge in [-0.05, 0) is 125 Å². The van der Waals surface area contributed by atoms with Crippen LogP contribution in [-0.4, -0.2) is 18.9 Å². The molecule has 0 spiro atoms. The molecule has 58 heavy (non-hydrogen) atoms. The monoisotopic (exact) mass is 838 g/mol. The Labute approximate surface area is 349 Å². The van der Waals surface area contributed by atoms with Gasteiger partial charge in [0, 0.05) is 28.7 Å². The molecular formula is C52H36N4OPd. The average molecular weight is 839 g/mol. The van der Waals surface area contributed by atoms with E-state index in [1.807, 2.05) is 36.5 Å². The van der Waals surface area contributed by atoms with E-state index in [0.29, 0.717) is 11.5 Å². The Morgan fingerprint density at radius 3 is 1.95 bits per heavy atom. The topological polar surface area (TPSA) is 44.3 Å². The quantitative estimate of drug-likeness (QED) is 0.0985. The molecule has 11 aromatic rings. The second-order valence-electron chi connectivity index (χ2n) is 15.0. The summed E-state index contributed by atoms with van der Waals surface area (Å²) in [6.07, 6.45) is 1.82. The van der Waals surface area contributed by atoms with Crippen molar-refractivity contribution in [2.75, 3.05) is 0 Å². The molecule has 4 heterocycles. The van der Waals surface area contributed by atoms with Gasteiger partial charge in [0.1, 0.15) is 5.82 Å². The number of aryl methyl sites for hydroxylation is 4. The van der Waals surface area contributed by atoms with Gasteiger partial charge in [0.2, 0.25) is 0 Å². The Hall–Kier alpha value is -6.58. The van der Waals surface area contributed by atoms with E-state index < -0.39 is 0 Å². The molecule has 0 aliphatic rings. The number of imidazole rings is 1. The number of fused-ring (bicyclic) bond motifs is 11. The molecule has 0 unspecified atom stereocenters. The second-order valence-corrected chi connectivity index (χ2v) is 15.0. The second kappa shape index (κ2) is 13.8. The Morgan fingerprint density at radius 2 is 1.21 bits per heavy atom. The van der Waals surface area contributed by atoms with Gasteiger partial charge in [-0.15, -0.1) is 29.7 Å². The van der Waals surface area contributed by atoms with Crippen LogP contribution in [0.1, 0.15) is 22.3 Å². The first-order chi connectivity index (χ1) is 27.9. The Kier molecular flexibility index (Phi) is 8.53. The predicted molar refractivity (Wildman–Crippen MR) is 234 cm³/mol. The standard InChI is InChI=1S/C52H36N4O.Pd/c1-31-13-11-14-32(2)49(31)35-27-42(50-33(3)15-12-16-34(50)4)51-40-25-23-36(29-41(40)52-54-43-18-6-8-20-45(43)56(52)47(51)28-35)57-37-22-24-39-38-17-5-7-19-44(38)55(46(39)30-37)48-21-9-10-26-53-48;/h5-28H,1-4H3;/q-2;+2. The summed E-state index contributed by atoms with van der Waals surface area (Å²) in [5, 5.41) is 5.35. The minimum atomic E-state index is 0. The van der Waals surface area contributed by atoms with Gasteiger partial charge >= 0.3 is 20.4 Å². The van der Waals surface area contributed by atoms with E-state index in [9.17, 15) is 0 Å². The van der Waals surface area contributed by atoms with Gasteiger partial charge in [-0.25, -0.2) is 4.98 Å². The molecule has 0 bridgehead atoms. The molecular weight excluding hydrogens is 803 g/mol. The zero-order valence-corrected chi connectivity index (χ0v) is 33.9. The van der Waals surface area contributed by atoms with Crippen LogP contribution in [-0.2, 0) is 20.4 Å². The van der Waals surface area contributed by atoms with Crippen LogP contribution in [0, 0.1) is 39.8 Å². The largest absolute Gasteiger partial charge is 2.00 e. The number of pyridine rings is 2. The third-order valence-corrected chi connectivity index (χ3v) is 11.5. The Balaban J connectivity index is 0.00000408. The van der Waals surface area contributed by atoms with Crippen LogP contribution >= 0.6 is 0 Å². The summed E-state index contributed by atoms with van der Waals surface area (Å²) in [5.41, 5.74) is 15.7. The van der Waals surface area contributed by atoms with E-state index in [4.69, 9.17) is 14.7 Å². The summed E-state index contributed by atoms with van der Waals surface area (Å²) < 4.78 is 11.2. The zero-order chi connectivity index (χ0) is 38.4. The summed E-state index contributed by atoms with van der Waals surface area (Å²) in [4.78, 5) is 9.98. The molecule has 0 atom stereocenters. The molecule has 280 valence electrons. The van der Waals surface area contributed by atoms with Gasteiger partial charge in [-0.3, -0.25) is 4.98 Å². The van der Waals surface area contributed by atoms with E-state index in [1.54, 1.807) is 0 Å². The molecule has 0 radical (unpaired) electrons. The maximum Gasteiger partial charge on any atom is 2.00 e. The van der Waals surface area contributed by atoms with Crippen molar-refractivity contribution in [2.24, 2.45) is 0 Å². The maximum atomic E-state index is 6.69. The van der Waals surface area contributed by atoms with Gasteiger partial charge in [0.05, 0.1) is 16.7 Å². The smallest absolute Gasteiger partial charge is 0.503 e. The molecule has 11 rings (SSSR count). The first-order valence-corrected chi connectivity index (χ1v) is 19.3. The van der Waals surface area contributed by atoms with Gasteiger partial charge in [-0.1, -0.05) is 95.2 Å². The van der Waals surface area contributed by atoms with Crippen molar-refractivity contribution >= 4 is 60.2 Å². The zero-order valence-electron chi connectivity index (χ0n) is 32.4. The van der Waals surface area contributed by atoms with E-state index in [1.165, 1.54) is 44.5 Å². The molecule has 5 nitrogen and oxygen atoms in total. The van der Waals surface area contributed by atoms with E-state index in [-0.39, 0.29) is 20.4 Å². The van der Waals surface area contributed by atoms with Crippen LogP contribution in [0.2, 0.25) is 0 Å². The molecule has 4 aromatic heterocycles. The van der Waals surface area contributed by atoms with Crippen molar-refractivity contribution in [3.8, 4) is 39.6 Å². The van der Waals surface area contributed by atoms with Gasteiger partial charge in [-0.2, -0.15) is 6.07 Å². The van der Waals surface area contributed by atoms with Crippen molar-refractivity contribution in [1.82, 2.24) is 18.9 Å². The third-order valence-electron chi connectivity index (χ3n) is 11.5. The van der Waals surface area contributed by atoms with Crippen LogP contribution < -0.4 is 4.74 Å². The van der Waals surface area contributed by atoms with E-state index >= 15 is 0 Å². The number of hydrogen-bond acceptors (Lipinski definition) is 3. The summed E-state index contributed by atoms with van der Waals surface area (Å²) in [5.74, 6) is 2.01. The molecule has 0 aliphatic heterocycles. The fourth-order valence-corrected chi connectivity index (χ4v) is 9.07. The number of rotatable bonds is 5. The van der Waals surface area contributed by atoms with Crippen molar-refractivity contribution < 1.29 is 25.2 Å². The molecule has 6 heteroatoms. The Bertz CT molecular complexity index is 3390. The first-order valence-electron chi connectivity index (χ1n) is 19.3. The van der Waals surface area contributed by atoms with Crippen LogP contribution in [0.5, 0.6) is 11.5 Å². The first kappa shape index (κ1) is 35.8. The van der Waals surface area contributed by atoms with Crippen LogP contribution in [0.4, 0.5) is 0 Å². The molecule has 0 N–H and O–H groups in total. The van der Waals surface area contributed by atoms with E-state index in [2.05, 4.69) is 158 Å². The Morgan fingerprint density at radius 1 is 0.552 bits per heavy atom.